The van der Waals surface area contributed by atoms with Gasteiger partial charge in [-0.15, -0.1) is 11.3 Å². The van der Waals surface area contributed by atoms with Gasteiger partial charge in [-0.3, -0.25) is 14.9 Å². The first-order valence-electron chi connectivity index (χ1n) is 14.3. The van der Waals surface area contributed by atoms with E-state index in [0.29, 0.717) is 0 Å². The SMILES string of the molecule is CC(C)(C)OC(=O)NC[C@@H]1CN(C[C@H]2NC(=O)[C@H]2NC(=O)C(=NOC2(C(=O)O)CC2)c2csc(NC(=O)OC(C)(C)C)n2)C(=O)O1. The van der Waals surface area contributed by atoms with Gasteiger partial charge in [0.15, 0.2) is 10.8 Å². The summed E-state index contributed by atoms with van der Waals surface area (Å²) in [5.74, 6) is -2.70. The van der Waals surface area contributed by atoms with Gasteiger partial charge in [0.2, 0.25) is 11.5 Å². The van der Waals surface area contributed by atoms with Crippen LogP contribution in [0.2, 0.25) is 0 Å². The number of cyclic esters (lactones) is 1. The summed E-state index contributed by atoms with van der Waals surface area (Å²) >= 11 is 0.947. The lowest BCUT2D eigenvalue weighted by Crippen LogP contribution is -2.72. The van der Waals surface area contributed by atoms with E-state index in [2.05, 4.69) is 31.4 Å². The van der Waals surface area contributed by atoms with Crippen molar-refractivity contribution in [2.24, 2.45) is 5.16 Å². The molecule has 0 bridgehead atoms. The molecular formula is C27H37N7O11S. The number of rotatable bonds is 11. The van der Waals surface area contributed by atoms with Crippen LogP contribution >= 0.6 is 11.3 Å². The first kappa shape index (κ1) is 34.2. The molecule has 1 aromatic rings. The highest BCUT2D eigenvalue weighted by Crippen LogP contribution is 2.40. The summed E-state index contributed by atoms with van der Waals surface area (Å²) in [6.07, 6.45) is -2.44. The molecule has 1 aliphatic carbocycles. The molecule has 2 saturated heterocycles. The zero-order chi connectivity index (χ0) is 34.0. The Morgan fingerprint density at radius 1 is 1.13 bits per heavy atom. The van der Waals surface area contributed by atoms with E-state index in [-0.39, 0.29) is 43.3 Å². The summed E-state index contributed by atoms with van der Waals surface area (Å²) in [5.41, 5.74) is -3.55. The Labute approximate surface area is 267 Å². The maximum absolute atomic E-state index is 13.4. The van der Waals surface area contributed by atoms with Gasteiger partial charge >= 0.3 is 24.2 Å². The van der Waals surface area contributed by atoms with Gasteiger partial charge in [0.1, 0.15) is 29.0 Å². The molecule has 252 valence electrons. The number of alkyl carbamates (subject to hydrolysis) is 1. The van der Waals surface area contributed by atoms with Crippen LogP contribution in [0.25, 0.3) is 0 Å². The van der Waals surface area contributed by atoms with Gasteiger partial charge < -0.3 is 45.0 Å². The number of nitrogens with one attached hydrogen (secondary N) is 4. The maximum atomic E-state index is 13.4. The molecule has 3 fully saturated rings. The molecule has 3 heterocycles. The molecule has 1 aromatic heterocycles. The Balaban J connectivity index is 1.40. The molecule has 4 rings (SSSR count). The van der Waals surface area contributed by atoms with E-state index >= 15 is 0 Å². The molecule has 46 heavy (non-hydrogen) atoms. The van der Waals surface area contributed by atoms with Crippen LogP contribution in [0.5, 0.6) is 0 Å². The van der Waals surface area contributed by atoms with E-state index in [9.17, 15) is 33.9 Å². The van der Waals surface area contributed by atoms with Crippen LogP contribution in [0.1, 0.15) is 60.1 Å². The fourth-order valence-electron chi connectivity index (χ4n) is 4.17. The molecule has 5 amide bonds. The van der Waals surface area contributed by atoms with Crippen molar-refractivity contribution in [2.75, 3.05) is 25.0 Å². The highest BCUT2D eigenvalue weighted by molar-refractivity contribution is 7.14. The number of carboxylic acids is 1. The number of ether oxygens (including phenoxy) is 3. The van der Waals surface area contributed by atoms with E-state index in [1.165, 1.54) is 10.3 Å². The Kier molecular flexibility index (Phi) is 9.64. The number of hydrogen-bond donors (Lipinski definition) is 5. The largest absolute Gasteiger partial charge is 0.478 e. The molecule has 0 spiro atoms. The Bertz CT molecular complexity index is 1430. The predicted molar refractivity (Wildman–Crippen MR) is 159 cm³/mol. The Hall–Kier alpha value is -4.68. The fraction of sp³-hybridized carbons (Fsp3) is 0.630. The summed E-state index contributed by atoms with van der Waals surface area (Å²) in [4.78, 5) is 84.8. The standard InChI is InChI=1S/C27H37N7O11S/c1-25(2,3)43-22(39)28-9-13-10-34(24(41)42-13)11-14-16(18(35)29-14)31-19(36)17(33-45-27(7-8-27)20(37)38)15-12-46-21(30-15)32-23(40)44-26(4,5)6/h12-14,16H,7-11H2,1-6H3,(H,28,39)(H,29,35)(H,31,36)(H,37,38)(H,30,32,40)/t13-,14-,16+/m1/s1. The molecule has 19 heteroatoms. The minimum Gasteiger partial charge on any atom is -0.478 e. The zero-order valence-electron chi connectivity index (χ0n) is 26.1. The van der Waals surface area contributed by atoms with Crippen molar-refractivity contribution >= 4 is 58.2 Å². The summed E-state index contributed by atoms with van der Waals surface area (Å²) in [7, 11) is 0. The van der Waals surface area contributed by atoms with Crippen LogP contribution in [0.15, 0.2) is 10.5 Å². The quantitative estimate of drug-likeness (QED) is 0.0967. The summed E-state index contributed by atoms with van der Waals surface area (Å²) in [6, 6.07) is -1.81. The first-order valence-corrected chi connectivity index (χ1v) is 15.2. The Morgan fingerprint density at radius 3 is 2.37 bits per heavy atom. The third-order valence-electron chi connectivity index (χ3n) is 6.51. The van der Waals surface area contributed by atoms with Crippen molar-refractivity contribution in [3.05, 3.63) is 11.1 Å². The van der Waals surface area contributed by atoms with Crippen LogP contribution in [0.4, 0.5) is 19.5 Å². The third-order valence-corrected chi connectivity index (χ3v) is 7.27. The van der Waals surface area contributed by atoms with Crippen molar-refractivity contribution in [1.29, 1.82) is 0 Å². The fourth-order valence-corrected chi connectivity index (χ4v) is 4.85. The van der Waals surface area contributed by atoms with Gasteiger partial charge in [0.05, 0.1) is 19.1 Å². The second kappa shape index (κ2) is 13.0. The molecule has 0 aromatic carbocycles. The average molecular weight is 668 g/mol. The van der Waals surface area contributed by atoms with Crippen LogP contribution in [0, 0.1) is 0 Å². The van der Waals surface area contributed by atoms with Crippen LogP contribution in [0.3, 0.4) is 0 Å². The zero-order valence-corrected chi connectivity index (χ0v) is 26.9. The smallest absolute Gasteiger partial charge is 0.413 e. The minimum absolute atomic E-state index is 0.00438. The number of carbonyl (C=O) groups is 6. The van der Waals surface area contributed by atoms with Crippen LogP contribution < -0.4 is 21.3 Å². The summed E-state index contributed by atoms with van der Waals surface area (Å²) < 4.78 is 15.7. The summed E-state index contributed by atoms with van der Waals surface area (Å²) in [6.45, 7) is 10.3. The van der Waals surface area contributed by atoms with Crippen LogP contribution in [-0.4, -0.2) is 111 Å². The van der Waals surface area contributed by atoms with E-state index in [1.807, 2.05) is 0 Å². The molecule has 3 atom stereocenters. The van der Waals surface area contributed by atoms with E-state index in [0.717, 1.165) is 11.3 Å². The minimum atomic E-state index is -1.58. The molecule has 2 aliphatic heterocycles. The molecule has 3 aliphatic rings. The van der Waals surface area contributed by atoms with Gasteiger partial charge in [-0.05, 0) is 41.5 Å². The van der Waals surface area contributed by atoms with Gasteiger partial charge in [-0.25, -0.2) is 24.2 Å². The number of thiazole rings is 1. The maximum Gasteiger partial charge on any atom is 0.413 e. The van der Waals surface area contributed by atoms with Crippen molar-refractivity contribution in [3.8, 4) is 0 Å². The topological polar surface area (TPSA) is 236 Å². The second-order valence-corrected chi connectivity index (χ2v) is 13.7. The average Bonchev–Trinajstić information content (AvgIpc) is 3.45. The number of nitrogens with zero attached hydrogens (tertiary/aromatic N) is 3. The van der Waals surface area contributed by atoms with Gasteiger partial charge in [0.25, 0.3) is 5.91 Å². The van der Waals surface area contributed by atoms with E-state index in [1.54, 1.807) is 41.5 Å². The van der Waals surface area contributed by atoms with Gasteiger partial charge in [-0.1, -0.05) is 5.16 Å². The lowest BCUT2D eigenvalue weighted by molar-refractivity contribution is -0.153. The van der Waals surface area contributed by atoms with Crippen molar-refractivity contribution in [2.45, 2.75) is 89.4 Å². The van der Waals surface area contributed by atoms with Crippen LogP contribution in [-0.2, 0) is 33.4 Å². The molecule has 0 radical (unpaired) electrons. The predicted octanol–water partition coefficient (Wildman–Crippen LogP) is 1.16. The van der Waals surface area contributed by atoms with Gasteiger partial charge in [0, 0.05) is 24.8 Å². The first-order chi connectivity index (χ1) is 21.3. The lowest BCUT2D eigenvalue weighted by Gasteiger charge is -2.38. The number of aromatic nitrogens is 1. The van der Waals surface area contributed by atoms with Crippen molar-refractivity contribution in [1.82, 2.24) is 25.8 Å². The number of hydrogen-bond acceptors (Lipinski definition) is 13. The van der Waals surface area contributed by atoms with E-state index < -0.39 is 76.8 Å². The van der Waals surface area contributed by atoms with E-state index in [4.69, 9.17) is 19.0 Å². The molecule has 1 saturated carbocycles. The Morgan fingerprint density at radius 2 is 1.78 bits per heavy atom. The van der Waals surface area contributed by atoms with Gasteiger partial charge in [-0.2, -0.15) is 0 Å². The highest BCUT2D eigenvalue weighted by atomic mass is 32.1. The number of carbonyl (C=O) groups excluding carboxylic acids is 5. The molecule has 0 unspecified atom stereocenters. The van der Waals surface area contributed by atoms with Crippen molar-refractivity contribution in [3.63, 3.8) is 0 Å². The number of amides is 5. The third kappa shape index (κ3) is 8.95. The van der Waals surface area contributed by atoms with Crippen molar-refractivity contribution < 1.29 is 52.9 Å². The molecule has 5 N–H and O–H groups in total. The molecular weight excluding hydrogens is 630 g/mol. The molecule has 18 nitrogen and oxygen atoms in total. The number of aliphatic carboxylic acids is 1. The highest BCUT2D eigenvalue weighted by Gasteiger charge is 2.55. The number of anilines is 1. The number of carboxylic acid groups (broad SMARTS) is 1. The number of oxime groups is 1. The normalized spacial score (nSPS) is 22.1. The summed E-state index contributed by atoms with van der Waals surface area (Å²) in [5, 5.41) is 24.9. The number of β-lactam (4-membered cyclic amide) rings is 1. The lowest BCUT2D eigenvalue weighted by atomic mass is 9.98. The second-order valence-electron chi connectivity index (χ2n) is 12.9. The monoisotopic (exact) mass is 667 g/mol.